The Morgan fingerprint density at radius 3 is 2.04 bits per heavy atom. The molecule has 0 fully saturated rings. The van der Waals surface area contributed by atoms with Gasteiger partial charge in [0.1, 0.15) is 19.0 Å². The van der Waals surface area contributed by atoms with Gasteiger partial charge in [-0.25, -0.2) is 0 Å². The zero-order chi connectivity index (χ0) is 20.3. The number of rotatable bonds is 18. The molecule has 0 aromatic heterocycles. The zero-order valence-electron chi connectivity index (χ0n) is 17.0. The molecule has 0 spiro atoms. The Balaban J connectivity index is 3.34. The van der Waals surface area contributed by atoms with Crippen LogP contribution in [0.15, 0.2) is 0 Å². The van der Waals surface area contributed by atoms with E-state index < -0.39 is 0 Å². The van der Waals surface area contributed by atoms with E-state index in [0.717, 1.165) is 25.7 Å². The van der Waals surface area contributed by atoms with Crippen molar-refractivity contribution in [2.24, 2.45) is 5.92 Å². The molecule has 1 unspecified atom stereocenters. The van der Waals surface area contributed by atoms with Gasteiger partial charge in [-0.3, -0.25) is 14.4 Å². The van der Waals surface area contributed by atoms with Crippen LogP contribution < -0.4 is 10.6 Å². The molecule has 0 aliphatic rings. The van der Waals surface area contributed by atoms with Crippen LogP contribution in [0.25, 0.3) is 0 Å². The van der Waals surface area contributed by atoms with E-state index in [2.05, 4.69) is 10.6 Å². The monoisotopic (exact) mass is 388 g/mol. The Bertz CT molecular complexity index is 417. The predicted molar refractivity (Wildman–Crippen MR) is 102 cm³/mol. The van der Waals surface area contributed by atoms with Crippen molar-refractivity contribution in [2.75, 3.05) is 52.7 Å². The van der Waals surface area contributed by atoms with Gasteiger partial charge < -0.3 is 24.8 Å². The standard InChI is InChI=1S/C19H36N2O6/c1-4-10-26-14-19(24)21-9-11-25-12-13-27-15-18(23)20-8-6-5-7-16(2)17(3)22/h16H,4-15H2,1-3H3,(H,20,23)(H,21,24). The van der Waals surface area contributed by atoms with E-state index in [4.69, 9.17) is 14.2 Å². The van der Waals surface area contributed by atoms with Crippen molar-refractivity contribution in [3.63, 3.8) is 0 Å². The molecule has 0 saturated heterocycles. The average Bonchev–Trinajstić information content (AvgIpc) is 2.63. The Morgan fingerprint density at radius 2 is 1.41 bits per heavy atom. The molecule has 0 bridgehead atoms. The summed E-state index contributed by atoms with van der Waals surface area (Å²) in [5, 5.41) is 5.47. The molecule has 0 aliphatic heterocycles. The molecule has 8 nitrogen and oxygen atoms in total. The van der Waals surface area contributed by atoms with Gasteiger partial charge >= 0.3 is 0 Å². The van der Waals surface area contributed by atoms with Crippen LogP contribution in [-0.2, 0) is 28.6 Å². The fraction of sp³-hybridized carbons (Fsp3) is 0.842. The van der Waals surface area contributed by atoms with Crippen LogP contribution in [0.1, 0.15) is 46.5 Å². The van der Waals surface area contributed by atoms with Crippen LogP contribution in [0.3, 0.4) is 0 Å². The largest absolute Gasteiger partial charge is 0.377 e. The quantitative estimate of drug-likeness (QED) is 0.341. The van der Waals surface area contributed by atoms with E-state index in [0.29, 0.717) is 39.5 Å². The van der Waals surface area contributed by atoms with Gasteiger partial charge in [0.2, 0.25) is 11.8 Å². The van der Waals surface area contributed by atoms with Crippen LogP contribution >= 0.6 is 0 Å². The lowest BCUT2D eigenvalue weighted by atomic mass is 10.0. The van der Waals surface area contributed by atoms with Crippen LogP contribution in [0.4, 0.5) is 0 Å². The minimum Gasteiger partial charge on any atom is -0.377 e. The third kappa shape index (κ3) is 17.7. The Kier molecular flexibility index (Phi) is 16.9. The highest BCUT2D eigenvalue weighted by molar-refractivity contribution is 5.78. The highest BCUT2D eigenvalue weighted by atomic mass is 16.5. The smallest absolute Gasteiger partial charge is 0.246 e. The zero-order valence-corrected chi connectivity index (χ0v) is 17.0. The maximum atomic E-state index is 11.6. The first-order chi connectivity index (χ1) is 13.0. The molecule has 0 heterocycles. The fourth-order valence-corrected chi connectivity index (χ4v) is 2.07. The van der Waals surface area contributed by atoms with Crippen molar-refractivity contribution >= 4 is 17.6 Å². The number of unbranched alkanes of at least 4 members (excludes halogenated alkanes) is 1. The number of ketones is 1. The molecular formula is C19H36N2O6. The van der Waals surface area contributed by atoms with E-state index in [1.165, 1.54) is 0 Å². The third-order valence-corrected chi connectivity index (χ3v) is 3.84. The second kappa shape index (κ2) is 17.9. The fourth-order valence-electron chi connectivity index (χ4n) is 2.07. The molecule has 8 heteroatoms. The molecule has 2 N–H and O–H groups in total. The van der Waals surface area contributed by atoms with Gasteiger partial charge in [-0.1, -0.05) is 20.3 Å². The molecule has 0 saturated carbocycles. The number of carbonyl (C=O) groups is 3. The summed E-state index contributed by atoms with van der Waals surface area (Å²) in [6, 6.07) is 0. The van der Waals surface area contributed by atoms with Crippen molar-refractivity contribution in [2.45, 2.75) is 46.5 Å². The van der Waals surface area contributed by atoms with Crippen LogP contribution in [0.5, 0.6) is 0 Å². The van der Waals surface area contributed by atoms with Gasteiger partial charge in [-0.2, -0.15) is 0 Å². The van der Waals surface area contributed by atoms with Crippen molar-refractivity contribution in [3.05, 3.63) is 0 Å². The minimum absolute atomic E-state index is 0.00128. The van der Waals surface area contributed by atoms with Crippen molar-refractivity contribution in [1.82, 2.24) is 10.6 Å². The van der Waals surface area contributed by atoms with Crippen LogP contribution in [0, 0.1) is 5.92 Å². The van der Waals surface area contributed by atoms with E-state index in [1.807, 2.05) is 13.8 Å². The summed E-state index contributed by atoms with van der Waals surface area (Å²) in [5.41, 5.74) is 0. The number of carbonyl (C=O) groups excluding carboxylic acids is 3. The van der Waals surface area contributed by atoms with Gasteiger partial charge in [0.05, 0.1) is 19.8 Å². The summed E-state index contributed by atoms with van der Waals surface area (Å²) in [4.78, 5) is 34.0. The summed E-state index contributed by atoms with van der Waals surface area (Å²) >= 11 is 0. The summed E-state index contributed by atoms with van der Waals surface area (Å²) in [5.74, 6) is -0.0190. The van der Waals surface area contributed by atoms with Gasteiger partial charge in [-0.15, -0.1) is 0 Å². The first-order valence-electron chi connectivity index (χ1n) is 9.74. The van der Waals surface area contributed by atoms with Crippen molar-refractivity contribution < 1.29 is 28.6 Å². The van der Waals surface area contributed by atoms with Crippen LogP contribution in [-0.4, -0.2) is 70.3 Å². The number of hydrogen-bond acceptors (Lipinski definition) is 6. The maximum Gasteiger partial charge on any atom is 0.246 e. The first kappa shape index (κ1) is 25.5. The van der Waals surface area contributed by atoms with Gasteiger partial charge in [-0.05, 0) is 26.2 Å². The summed E-state index contributed by atoms with van der Waals surface area (Å²) in [6.07, 6.45) is 3.50. The molecule has 0 aromatic carbocycles. The van der Waals surface area contributed by atoms with E-state index in [9.17, 15) is 14.4 Å². The maximum absolute atomic E-state index is 11.6. The Hall–Kier alpha value is -1.51. The second-order valence-electron chi connectivity index (χ2n) is 6.42. The SMILES string of the molecule is CCCOCC(=O)NCCOCCOCC(=O)NCCCCC(C)C(C)=O. The molecule has 0 aromatic rings. The minimum atomic E-state index is -0.158. The highest BCUT2D eigenvalue weighted by Gasteiger charge is 2.07. The summed E-state index contributed by atoms with van der Waals surface area (Å²) in [7, 11) is 0. The van der Waals surface area contributed by atoms with Crippen LogP contribution in [0.2, 0.25) is 0 Å². The molecule has 2 amide bonds. The number of hydrogen-bond donors (Lipinski definition) is 2. The predicted octanol–water partition coefficient (Wildman–Crippen LogP) is 1.07. The lowest BCUT2D eigenvalue weighted by Crippen LogP contribution is -2.31. The Morgan fingerprint density at radius 1 is 0.815 bits per heavy atom. The summed E-state index contributed by atoms with van der Waals surface area (Å²) in [6.45, 7) is 8.22. The number of amides is 2. The van der Waals surface area contributed by atoms with E-state index >= 15 is 0 Å². The lowest BCUT2D eigenvalue weighted by molar-refractivity contribution is -0.127. The first-order valence-corrected chi connectivity index (χ1v) is 9.74. The molecule has 0 rings (SSSR count). The molecule has 1 atom stereocenters. The van der Waals surface area contributed by atoms with Crippen molar-refractivity contribution in [3.8, 4) is 0 Å². The van der Waals surface area contributed by atoms with Crippen molar-refractivity contribution in [1.29, 1.82) is 0 Å². The number of nitrogens with one attached hydrogen (secondary N) is 2. The normalized spacial score (nSPS) is 11.8. The molecule has 27 heavy (non-hydrogen) atoms. The number of Topliss-reactive ketones (excluding diaryl/α,β-unsaturated/α-hetero) is 1. The Labute approximate surface area is 162 Å². The van der Waals surface area contributed by atoms with E-state index in [1.54, 1.807) is 6.92 Å². The van der Waals surface area contributed by atoms with Gasteiger partial charge in [0.25, 0.3) is 0 Å². The van der Waals surface area contributed by atoms with Gasteiger partial charge in [0.15, 0.2) is 0 Å². The lowest BCUT2D eigenvalue weighted by Gasteiger charge is -2.09. The molecule has 0 radical (unpaired) electrons. The molecular weight excluding hydrogens is 352 g/mol. The highest BCUT2D eigenvalue weighted by Crippen LogP contribution is 2.07. The third-order valence-electron chi connectivity index (χ3n) is 3.84. The second-order valence-corrected chi connectivity index (χ2v) is 6.42. The van der Waals surface area contributed by atoms with Gasteiger partial charge in [0, 0.05) is 25.6 Å². The molecule has 158 valence electrons. The van der Waals surface area contributed by atoms with E-state index in [-0.39, 0.29) is 36.7 Å². The number of ether oxygens (including phenoxy) is 3. The summed E-state index contributed by atoms with van der Waals surface area (Å²) < 4.78 is 15.6. The average molecular weight is 389 g/mol. The molecule has 0 aliphatic carbocycles. The topological polar surface area (TPSA) is 103 Å².